The molecule has 2 N–H and O–H groups in total. The molecule has 98 valence electrons. The zero-order valence-corrected chi connectivity index (χ0v) is 12.4. The lowest BCUT2D eigenvalue weighted by atomic mass is 10.2. The van der Waals surface area contributed by atoms with Crippen molar-refractivity contribution in [2.75, 3.05) is 5.32 Å². The van der Waals surface area contributed by atoms with Gasteiger partial charge in [-0.2, -0.15) is 0 Å². The van der Waals surface area contributed by atoms with Gasteiger partial charge in [-0.05, 0) is 48.1 Å². The van der Waals surface area contributed by atoms with E-state index in [1.165, 1.54) is 12.1 Å². The Morgan fingerprint density at radius 1 is 1.16 bits per heavy atom. The highest BCUT2D eigenvalue weighted by Crippen LogP contribution is 2.15. The molecule has 0 aliphatic carbocycles. The van der Waals surface area contributed by atoms with Crippen LogP contribution in [0.25, 0.3) is 0 Å². The third-order valence-electron chi connectivity index (χ3n) is 2.45. The average molecular weight is 339 g/mol. The Hall–Kier alpha value is -1.46. The molecule has 19 heavy (non-hydrogen) atoms. The first-order valence-electron chi connectivity index (χ1n) is 5.68. The van der Waals surface area contributed by atoms with E-state index in [2.05, 4.69) is 26.6 Å². The standard InChI is InChI=1S/C14H12BrFN2S/c15-11-2-1-3-13(8-11)18-14(19)17-9-10-4-6-12(16)7-5-10/h1-8H,9H2,(H2,17,18,19). The van der Waals surface area contributed by atoms with Gasteiger partial charge >= 0.3 is 0 Å². The lowest BCUT2D eigenvalue weighted by Crippen LogP contribution is -2.27. The van der Waals surface area contributed by atoms with E-state index < -0.39 is 0 Å². The van der Waals surface area contributed by atoms with Crippen LogP contribution in [0, 0.1) is 5.82 Å². The Bertz CT molecular complexity index is 572. The van der Waals surface area contributed by atoms with E-state index in [1.807, 2.05) is 24.3 Å². The van der Waals surface area contributed by atoms with E-state index >= 15 is 0 Å². The number of thiocarbonyl (C=S) groups is 1. The van der Waals surface area contributed by atoms with Crippen LogP contribution in [-0.4, -0.2) is 5.11 Å². The number of hydrogen-bond acceptors (Lipinski definition) is 1. The Morgan fingerprint density at radius 2 is 1.89 bits per heavy atom. The van der Waals surface area contributed by atoms with Crippen molar-refractivity contribution in [2.45, 2.75) is 6.54 Å². The molecule has 2 aromatic rings. The van der Waals surface area contributed by atoms with Gasteiger partial charge in [0.2, 0.25) is 0 Å². The number of anilines is 1. The fourth-order valence-corrected chi connectivity index (χ4v) is 2.12. The summed E-state index contributed by atoms with van der Waals surface area (Å²) in [6.45, 7) is 0.556. The van der Waals surface area contributed by atoms with Gasteiger partial charge in [-0.25, -0.2) is 4.39 Å². The molecular weight excluding hydrogens is 327 g/mol. The van der Waals surface area contributed by atoms with Crippen LogP contribution in [0.3, 0.4) is 0 Å². The topological polar surface area (TPSA) is 24.1 Å². The van der Waals surface area contributed by atoms with Crippen LogP contribution in [0.5, 0.6) is 0 Å². The number of nitrogens with one attached hydrogen (secondary N) is 2. The molecule has 0 saturated carbocycles. The fraction of sp³-hybridized carbons (Fsp3) is 0.0714. The Labute approximate surface area is 125 Å². The summed E-state index contributed by atoms with van der Waals surface area (Å²) >= 11 is 8.59. The highest BCUT2D eigenvalue weighted by Gasteiger charge is 1.99. The van der Waals surface area contributed by atoms with Gasteiger partial charge in [-0.3, -0.25) is 0 Å². The molecule has 0 heterocycles. The van der Waals surface area contributed by atoms with Crippen molar-refractivity contribution in [2.24, 2.45) is 0 Å². The van der Waals surface area contributed by atoms with Crippen molar-refractivity contribution < 1.29 is 4.39 Å². The molecule has 0 saturated heterocycles. The quantitative estimate of drug-likeness (QED) is 0.824. The van der Waals surface area contributed by atoms with Crippen molar-refractivity contribution in [3.05, 3.63) is 64.4 Å². The SMILES string of the molecule is Fc1ccc(CNC(=S)Nc2cccc(Br)c2)cc1. The van der Waals surface area contributed by atoms with Crippen molar-refractivity contribution in [1.29, 1.82) is 0 Å². The summed E-state index contributed by atoms with van der Waals surface area (Å²) in [5.41, 5.74) is 1.88. The van der Waals surface area contributed by atoms with Crippen LogP contribution >= 0.6 is 28.1 Å². The largest absolute Gasteiger partial charge is 0.358 e. The number of halogens is 2. The third kappa shape index (κ3) is 4.61. The van der Waals surface area contributed by atoms with Crippen molar-refractivity contribution >= 4 is 38.9 Å². The van der Waals surface area contributed by atoms with Gasteiger partial charge < -0.3 is 10.6 Å². The van der Waals surface area contributed by atoms with E-state index in [0.717, 1.165) is 15.7 Å². The van der Waals surface area contributed by atoms with Crippen molar-refractivity contribution in [3.63, 3.8) is 0 Å². The summed E-state index contributed by atoms with van der Waals surface area (Å²) < 4.78 is 13.7. The van der Waals surface area contributed by atoms with Gasteiger partial charge in [0.15, 0.2) is 5.11 Å². The molecule has 0 bridgehead atoms. The van der Waals surface area contributed by atoms with Crippen LogP contribution in [0.1, 0.15) is 5.56 Å². The van der Waals surface area contributed by atoms with Crippen LogP contribution in [0.2, 0.25) is 0 Å². The number of benzene rings is 2. The zero-order valence-electron chi connectivity index (χ0n) is 9.99. The highest BCUT2D eigenvalue weighted by molar-refractivity contribution is 9.10. The normalized spacial score (nSPS) is 10.0. The molecule has 0 aliphatic heterocycles. The predicted molar refractivity (Wildman–Crippen MR) is 83.6 cm³/mol. The molecule has 2 rings (SSSR count). The second kappa shape index (κ2) is 6.63. The van der Waals surface area contributed by atoms with Gasteiger partial charge in [0.1, 0.15) is 5.82 Å². The first-order chi connectivity index (χ1) is 9.13. The summed E-state index contributed by atoms with van der Waals surface area (Å²) in [6, 6.07) is 14.1. The molecule has 0 aromatic heterocycles. The van der Waals surface area contributed by atoms with Gasteiger partial charge in [-0.15, -0.1) is 0 Å². The molecule has 0 aliphatic rings. The summed E-state index contributed by atoms with van der Waals surface area (Å²) in [5, 5.41) is 6.68. The molecule has 5 heteroatoms. The number of rotatable bonds is 3. The third-order valence-corrected chi connectivity index (χ3v) is 3.19. The Morgan fingerprint density at radius 3 is 2.58 bits per heavy atom. The monoisotopic (exact) mass is 338 g/mol. The summed E-state index contributed by atoms with van der Waals surface area (Å²) in [6.07, 6.45) is 0. The Kier molecular flexibility index (Phi) is 4.87. The van der Waals surface area contributed by atoms with E-state index in [1.54, 1.807) is 12.1 Å². The van der Waals surface area contributed by atoms with Gasteiger partial charge in [0.25, 0.3) is 0 Å². The zero-order chi connectivity index (χ0) is 13.7. The van der Waals surface area contributed by atoms with Crippen LogP contribution < -0.4 is 10.6 Å². The second-order valence-electron chi connectivity index (χ2n) is 3.94. The molecule has 2 aromatic carbocycles. The van der Waals surface area contributed by atoms with Crippen LogP contribution in [0.15, 0.2) is 53.0 Å². The molecule has 2 nitrogen and oxygen atoms in total. The minimum absolute atomic E-state index is 0.237. The molecular formula is C14H12BrFN2S. The average Bonchev–Trinajstić information content (AvgIpc) is 2.38. The van der Waals surface area contributed by atoms with Gasteiger partial charge in [0.05, 0.1) is 0 Å². The predicted octanol–water partition coefficient (Wildman–Crippen LogP) is 4.07. The van der Waals surface area contributed by atoms with E-state index in [-0.39, 0.29) is 5.82 Å². The molecule has 0 amide bonds. The van der Waals surface area contributed by atoms with Crippen LogP contribution in [-0.2, 0) is 6.54 Å². The van der Waals surface area contributed by atoms with Crippen molar-refractivity contribution in [1.82, 2.24) is 5.32 Å². The lowest BCUT2D eigenvalue weighted by molar-refractivity contribution is 0.627. The summed E-state index contributed by atoms with van der Waals surface area (Å²) in [5.74, 6) is -0.237. The lowest BCUT2D eigenvalue weighted by Gasteiger charge is -2.10. The summed E-state index contributed by atoms with van der Waals surface area (Å²) in [7, 11) is 0. The fourth-order valence-electron chi connectivity index (χ4n) is 1.53. The maximum Gasteiger partial charge on any atom is 0.171 e. The van der Waals surface area contributed by atoms with Crippen LogP contribution in [0.4, 0.5) is 10.1 Å². The molecule has 0 unspecified atom stereocenters. The van der Waals surface area contributed by atoms with E-state index in [4.69, 9.17) is 12.2 Å². The molecule has 0 spiro atoms. The van der Waals surface area contributed by atoms with Gasteiger partial charge in [0, 0.05) is 16.7 Å². The molecule has 0 radical (unpaired) electrons. The van der Waals surface area contributed by atoms with Crippen molar-refractivity contribution in [3.8, 4) is 0 Å². The maximum absolute atomic E-state index is 12.7. The van der Waals surface area contributed by atoms with Gasteiger partial charge in [-0.1, -0.05) is 34.1 Å². The molecule has 0 fully saturated rings. The first kappa shape index (κ1) is 14.0. The highest BCUT2D eigenvalue weighted by atomic mass is 79.9. The van der Waals surface area contributed by atoms with E-state index in [0.29, 0.717) is 11.7 Å². The van der Waals surface area contributed by atoms with E-state index in [9.17, 15) is 4.39 Å². The molecule has 0 atom stereocenters. The smallest absolute Gasteiger partial charge is 0.171 e. The maximum atomic E-state index is 12.7. The minimum Gasteiger partial charge on any atom is -0.358 e. The Balaban J connectivity index is 1.86. The summed E-state index contributed by atoms with van der Waals surface area (Å²) in [4.78, 5) is 0. The second-order valence-corrected chi connectivity index (χ2v) is 5.27. The number of hydrogen-bond donors (Lipinski definition) is 2. The first-order valence-corrected chi connectivity index (χ1v) is 6.88. The minimum atomic E-state index is -0.237.